The average molecular weight is 432 g/mol. The molecule has 1 heterocycles. The van der Waals surface area contributed by atoms with Crippen LogP contribution in [0.4, 0.5) is 10.5 Å². The van der Waals surface area contributed by atoms with Crippen LogP contribution in [-0.4, -0.2) is 43.6 Å². The Hall–Kier alpha value is -2.93. The molecule has 2 N–H and O–H groups in total. The summed E-state index contributed by atoms with van der Waals surface area (Å²) in [6.45, 7) is 1.15. The van der Waals surface area contributed by atoms with E-state index in [1.807, 2.05) is 24.3 Å². The number of methoxy groups -OCH3 is 2. The van der Waals surface area contributed by atoms with E-state index in [2.05, 4.69) is 10.6 Å². The van der Waals surface area contributed by atoms with Gasteiger partial charge in [0.25, 0.3) is 0 Å². The van der Waals surface area contributed by atoms with Crippen LogP contribution in [0.25, 0.3) is 0 Å². The Morgan fingerprint density at radius 1 is 1.10 bits per heavy atom. The maximum absolute atomic E-state index is 13.0. The summed E-state index contributed by atoms with van der Waals surface area (Å²) in [5.74, 6) is 1.04. The molecule has 160 valence electrons. The molecule has 1 aliphatic heterocycles. The minimum absolute atomic E-state index is 0.0826. The monoisotopic (exact) mass is 431 g/mol. The van der Waals surface area contributed by atoms with Crippen molar-refractivity contribution in [3.8, 4) is 11.5 Å². The first-order valence-corrected chi connectivity index (χ1v) is 10.2. The predicted octanol–water partition coefficient (Wildman–Crippen LogP) is 4.06. The molecular formula is C22H26ClN3O4. The van der Waals surface area contributed by atoms with Gasteiger partial charge in [-0.05, 0) is 37.0 Å². The van der Waals surface area contributed by atoms with E-state index in [-0.39, 0.29) is 5.91 Å². The van der Waals surface area contributed by atoms with Crippen molar-refractivity contribution in [1.29, 1.82) is 0 Å². The molecule has 1 atom stereocenters. The van der Waals surface area contributed by atoms with Gasteiger partial charge in [0, 0.05) is 42.0 Å². The third kappa shape index (κ3) is 5.79. The normalized spacial score (nSPS) is 16.6. The first-order chi connectivity index (χ1) is 14.5. The fourth-order valence-electron chi connectivity index (χ4n) is 3.41. The highest BCUT2D eigenvalue weighted by atomic mass is 35.5. The molecule has 1 saturated heterocycles. The van der Waals surface area contributed by atoms with E-state index in [9.17, 15) is 9.59 Å². The summed E-state index contributed by atoms with van der Waals surface area (Å²) in [6, 6.07) is 11.5. The lowest BCUT2D eigenvalue weighted by Crippen LogP contribution is -2.48. The standard InChI is InChI=1S/C22H26ClN3O4/c1-29-18-11-17(12-19(13-18)30-2)24-22(28)25-20-5-3-4-10-26(21(20)27)14-15-6-8-16(23)9-7-15/h6-9,11-13,20H,3-5,10,14H2,1-2H3,(H2,24,25,28). The van der Waals surface area contributed by atoms with E-state index in [4.69, 9.17) is 21.1 Å². The van der Waals surface area contributed by atoms with Crippen LogP contribution in [0, 0.1) is 0 Å². The number of urea groups is 1. The fraction of sp³-hybridized carbons (Fsp3) is 0.364. The number of hydrogen-bond donors (Lipinski definition) is 2. The molecule has 7 nitrogen and oxygen atoms in total. The van der Waals surface area contributed by atoms with Crippen molar-refractivity contribution in [2.75, 3.05) is 26.1 Å². The Morgan fingerprint density at radius 2 is 1.77 bits per heavy atom. The predicted molar refractivity (Wildman–Crippen MR) is 116 cm³/mol. The number of ether oxygens (including phenoxy) is 2. The molecule has 0 aliphatic carbocycles. The maximum atomic E-state index is 13.0. The molecule has 0 radical (unpaired) electrons. The number of hydrogen-bond acceptors (Lipinski definition) is 4. The second-order valence-electron chi connectivity index (χ2n) is 7.13. The quantitative estimate of drug-likeness (QED) is 0.722. The van der Waals surface area contributed by atoms with Gasteiger partial charge in [-0.3, -0.25) is 4.79 Å². The Labute approximate surface area is 181 Å². The zero-order valence-electron chi connectivity index (χ0n) is 17.1. The van der Waals surface area contributed by atoms with Crippen LogP contribution >= 0.6 is 11.6 Å². The number of carbonyl (C=O) groups excluding carboxylic acids is 2. The molecule has 1 aliphatic rings. The zero-order chi connectivity index (χ0) is 21.5. The minimum Gasteiger partial charge on any atom is -0.497 e. The molecule has 8 heteroatoms. The van der Waals surface area contributed by atoms with Crippen LogP contribution in [0.3, 0.4) is 0 Å². The topological polar surface area (TPSA) is 79.9 Å². The number of anilines is 1. The van der Waals surface area contributed by atoms with Gasteiger partial charge in [-0.1, -0.05) is 23.7 Å². The summed E-state index contributed by atoms with van der Waals surface area (Å²) in [4.78, 5) is 27.4. The van der Waals surface area contributed by atoms with Crippen LogP contribution in [0.2, 0.25) is 5.02 Å². The average Bonchev–Trinajstić information content (AvgIpc) is 2.91. The zero-order valence-corrected chi connectivity index (χ0v) is 17.9. The molecule has 2 aromatic carbocycles. The molecular weight excluding hydrogens is 406 g/mol. The summed E-state index contributed by atoms with van der Waals surface area (Å²) in [5, 5.41) is 6.23. The SMILES string of the molecule is COc1cc(NC(=O)NC2CCCCN(Cc3ccc(Cl)cc3)C2=O)cc(OC)c1. The van der Waals surface area contributed by atoms with E-state index in [1.54, 1.807) is 23.1 Å². The molecule has 0 bridgehead atoms. The van der Waals surface area contributed by atoms with Gasteiger partial charge in [-0.2, -0.15) is 0 Å². The Kier molecular flexibility index (Phi) is 7.41. The minimum atomic E-state index is -0.577. The number of carbonyl (C=O) groups is 2. The molecule has 0 aromatic heterocycles. The van der Waals surface area contributed by atoms with Gasteiger partial charge < -0.3 is 25.0 Å². The van der Waals surface area contributed by atoms with Crippen molar-refractivity contribution in [2.24, 2.45) is 0 Å². The molecule has 0 spiro atoms. The highest BCUT2D eigenvalue weighted by Crippen LogP contribution is 2.26. The van der Waals surface area contributed by atoms with Crippen molar-refractivity contribution in [3.63, 3.8) is 0 Å². The third-order valence-corrected chi connectivity index (χ3v) is 5.23. The van der Waals surface area contributed by atoms with Crippen LogP contribution in [0.15, 0.2) is 42.5 Å². The van der Waals surface area contributed by atoms with Gasteiger partial charge in [0.2, 0.25) is 5.91 Å². The summed E-state index contributed by atoms with van der Waals surface area (Å²) in [5.41, 5.74) is 1.52. The lowest BCUT2D eigenvalue weighted by Gasteiger charge is -2.25. The van der Waals surface area contributed by atoms with Gasteiger partial charge >= 0.3 is 6.03 Å². The Morgan fingerprint density at radius 3 is 2.40 bits per heavy atom. The number of nitrogens with zero attached hydrogens (tertiary/aromatic N) is 1. The van der Waals surface area contributed by atoms with Crippen LogP contribution in [0.1, 0.15) is 24.8 Å². The fourth-order valence-corrected chi connectivity index (χ4v) is 3.54. The first kappa shape index (κ1) is 21.8. The lowest BCUT2D eigenvalue weighted by atomic mass is 10.1. The number of likely N-dealkylation sites (tertiary alicyclic amines) is 1. The lowest BCUT2D eigenvalue weighted by molar-refractivity contribution is -0.133. The number of amides is 3. The van der Waals surface area contributed by atoms with Gasteiger partial charge in [0.1, 0.15) is 17.5 Å². The smallest absolute Gasteiger partial charge is 0.319 e. The molecule has 1 fully saturated rings. The number of benzene rings is 2. The molecule has 0 saturated carbocycles. The van der Waals surface area contributed by atoms with Crippen molar-refractivity contribution >= 4 is 29.2 Å². The number of nitrogens with one attached hydrogen (secondary N) is 2. The third-order valence-electron chi connectivity index (χ3n) is 4.98. The van der Waals surface area contributed by atoms with Crippen molar-refractivity contribution < 1.29 is 19.1 Å². The van der Waals surface area contributed by atoms with E-state index in [0.717, 1.165) is 18.4 Å². The van der Waals surface area contributed by atoms with Crippen LogP contribution in [-0.2, 0) is 11.3 Å². The first-order valence-electron chi connectivity index (χ1n) is 9.82. The highest BCUT2D eigenvalue weighted by molar-refractivity contribution is 6.30. The largest absolute Gasteiger partial charge is 0.497 e. The van der Waals surface area contributed by atoms with E-state index >= 15 is 0 Å². The second-order valence-corrected chi connectivity index (χ2v) is 7.57. The van der Waals surface area contributed by atoms with Gasteiger partial charge in [0.15, 0.2) is 0 Å². The Balaban J connectivity index is 1.65. The van der Waals surface area contributed by atoms with Gasteiger partial charge in [-0.25, -0.2) is 4.79 Å². The number of halogens is 1. The van der Waals surface area contributed by atoms with Crippen molar-refractivity contribution in [1.82, 2.24) is 10.2 Å². The molecule has 3 rings (SSSR count). The molecule has 1 unspecified atom stereocenters. The van der Waals surface area contributed by atoms with Crippen molar-refractivity contribution in [3.05, 3.63) is 53.1 Å². The summed E-state index contributed by atoms with van der Waals surface area (Å²) < 4.78 is 10.4. The van der Waals surface area contributed by atoms with E-state index in [1.165, 1.54) is 14.2 Å². The second kappa shape index (κ2) is 10.2. The maximum Gasteiger partial charge on any atom is 0.319 e. The molecule has 2 aromatic rings. The van der Waals surface area contributed by atoms with Gasteiger partial charge in [0.05, 0.1) is 14.2 Å². The molecule has 30 heavy (non-hydrogen) atoms. The summed E-state index contributed by atoms with van der Waals surface area (Å²) >= 11 is 5.94. The van der Waals surface area contributed by atoms with E-state index < -0.39 is 12.1 Å². The summed E-state index contributed by atoms with van der Waals surface area (Å²) in [6.07, 6.45) is 2.36. The Bertz CT molecular complexity index is 866. The van der Waals surface area contributed by atoms with E-state index in [0.29, 0.717) is 41.7 Å². The van der Waals surface area contributed by atoms with Gasteiger partial charge in [-0.15, -0.1) is 0 Å². The molecule has 3 amide bonds. The summed E-state index contributed by atoms with van der Waals surface area (Å²) in [7, 11) is 3.08. The van der Waals surface area contributed by atoms with Crippen LogP contribution in [0.5, 0.6) is 11.5 Å². The number of rotatable bonds is 6. The van der Waals surface area contributed by atoms with Crippen molar-refractivity contribution in [2.45, 2.75) is 31.8 Å². The highest BCUT2D eigenvalue weighted by Gasteiger charge is 2.28. The van der Waals surface area contributed by atoms with Crippen LogP contribution < -0.4 is 20.1 Å².